The largest absolute Gasteiger partial charge is 0.325 e. The van der Waals surface area contributed by atoms with Gasteiger partial charge in [0.05, 0.1) is 11.6 Å². The predicted molar refractivity (Wildman–Crippen MR) is 102 cm³/mol. The third-order valence-electron chi connectivity index (χ3n) is 4.28. The molecular formula is C19H15BrN4O3. The van der Waals surface area contributed by atoms with E-state index in [0.717, 1.165) is 9.37 Å². The highest BCUT2D eigenvalue weighted by atomic mass is 79.9. The van der Waals surface area contributed by atoms with E-state index in [9.17, 15) is 14.4 Å². The SMILES string of the molecule is C[C@@]1(c2cccc(Br)c2)NC(=O)N(CC(=O)Nc2ccc(C#N)cc2)C1=O. The molecule has 1 aliphatic heterocycles. The molecule has 0 spiro atoms. The van der Waals surface area contributed by atoms with Crippen LogP contribution in [-0.2, 0) is 15.1 Å². The van der Waals surface area contributed by atoms with Crippen molar-refractivity contribution in [3.05, 3.63) is 64.1 Å². The van der Waals surface area contributed by atoms with Crippen molar-refractivity contribution in [2.75, 3.05) is 11.9 Å². The van der Waals surface area contributed by atoms with Gasteiger partial charge >= 0.3 is 6.03 Å². The average molecular weight is 427 g/mol. The van der Waals surface area contributed by atoms with Gasteiger partial charge in [-0.1, -0.05) is 28.1 Å². The summed E-state index contributed by atoms with van der Waals surface area (Å²) in [5.74, 6) is -1.01. The van der Waals surface area contributed by atoms with E-state index in [1.165, 1.54) is 0 Å². The zero-order valence-electron chi connectivity index (χ0n) is 14.3. The van der Waals surface area contributed by atoms with Crippen LogP contribution in [0.5, 0.6) is 0 Å². The van der Waals surface area contributed by atoms with E-state index < -0.39 is 29.9 Å². The van der Waals surface area contributed by atoms with E-state index in [-0.39, 0.29) is 0 Å². The van der Waals surface area contributed by atoms with Crippen LogP contribution >= 0.6 is 15.9 Å². The average Bonchev–Trinajstić information content (AvgIpc) is 2.86. The first-order valence-electron chi connectivity index (χ1n) is 8.03. The molecule has 0 radical (unpaired) electrons. The lowest BCUT2D eigenvalue weighted by atomic mass is 9.92. The van der Waals surface area contributed by atoms with Gasteiger partial charge in [-0.15, -0.1) is 0 Å². The number of nitriles is 1. The van der Waals surface area contributed by atoms with Gasteiger partial charge in [0.25, 0.3) is 5.91 Å². The highest BCUT2D eigenvalue weighted by molar-refractivity contribution is 9.10. The molecule has 2 N–H and O–H groups in total. The highest BCUT2D eigenvalue weighted by Gasteiger charge is 2.49. The van der Waals surface area contributed by atoms with Crippen molar-refractivity contribution in [2.24, 2.45) is 0 Å². The molecule has 2 aromatic carbocycles. The molecule has 1 fully saturated rings. The minimum absolute atomic E-state index is 0.408. The lowest BCUT2D eigenvalue weighted by molar-refractivity contribution is -0.133. The number of amides is 4. The van der Waals surface area contributed by atoms with E-state index >= 15 is 0 Å². The zero-order valence-corrected chi connectivity index (χ0v) is 15.9. The Kier molecular flexibility index (Phi) is 4.97. The van der Waals surface area contributed by atoms with Crippen molar-refractivity contribution >= 4 is 39.5 Å². The molecule has 1 heterocycles. The first-order valence-corrected chi connectivity index (χ1v) is 8.83. The van der Waals surface area contributed by atoms with E-state index in [4.69, 9.17) is 5.26 Å². The number of urea groups is 1. The molecule has 4 amide bonds. The summed E-state index contributed by atoms with van der Waals surface area (Å²) >= 11 is 3.35. The molecule has 1 aliphatic rings. The van der Waals surface area contributed by atoms with Gasteiger partial charge in [-0.25, -0.2) is 4.79 Å². The second-order valence-electron chi connectivity index (χ2n) is 6.19. The molecule has 7 nitrogen and oxygen atoms in total. The summed E-state index contributed by atoms with van der Waals surface area (Å²) in [6.07, 6.45) is 0. The van der Waals surface area contributed by atoms with Crippen LogP contribution in [0.25, 0.3) is 0 Å². The van der Waals surface area contributed by atoms with Crippen molar-refractivity contribution in [3.8, 4) is 6.07 Å². The molecular weight excluding hydrogens is 412 g/mol. The predicted octanol–water partition coefficient (Wildman–Crippen LogP) is 2.73. The molecule has 1 saturated heterocycles. The first kappa shape index (κ1) is 18.6. The molecule has 2 aromatic rings. The maximum Gasteiger partial charge on any atom is 0.325 e. The summed E-state index contributed by atoms with van der Waals surface area (Å²) in [5.41, 5.74) is 0.313. The van der Waals surface area contributed by atoms with Gasteiger partial charge in [-0.2, -0.15) is 5.26 Å². The van der Waals surface area contributed by atoms with Crippen molar-refractivity contribution in [1.29, 1.82) is 5.26 Å². The van der Waals surface area contributed by atoms with Crippen molar-refractivity contribution in [1.82, 2.24) is 10.2 Å². The smallest absolute Gasteiger partial charge is 0.325 e. The van der Waals surface area contributed by atoms with Crippen LogP contribution in [0.4, 0.5) is 10.5 Å². The van der Waals surface area contributed by atoms with Crippen LogP contribution in [0.15, 0.2) is 53.0 Å². The number of anilines is 1. The molecule has 136 valence electrons. The number of carbonyl (C=O) groups excluding carboxylic acids is 3. The van der Waals surface area contributed by atoms with Crippen LogP contribution in [0.1, 0.15) is 18.1 Å². The van der Waals surface area contributed by atoms with Crippen molar-refractivity contribution in [2.45, 2.75) is 12.5 Å². The third kappa shape index (κ3) is 3.68. The number of rotatable bonds is 4. The Bertz CT molecular complexity index is 968. The Morgan fingerprint density at radius 3 is 2.59 bits per heavy atom. The minimum Gasteiger partial charge on any atom is -0.325 e. The fourth-order valence-corrected chi connectivity index (χ4v) is 3.21. The van der Waals surface area contributed by atoms with Gasteiger partial charge in [0.2, 0.25) is 5.91 Å². The normalized spacial score (nSPS) is 18.8. The molecule has 0 aromatic heterocycles. The maximum atomic E-state index is 12.8. The van der Waals surface area contributed by atoms with Crippen LogP contribution < -0.4 is 10.6 Å². The van der Waals surface area contributed by atoms with E-state index in [2.05, 4.69) is 26.6 Å². The van der Waals surface area contributed by atoms with Gasteiger partial charge in [-0.3, -0.25) is 14.5 Å². The number of nitrogens with one attached hydrogen (secondary N) is 2. The van der Waals surface area contributed by atoms with Crippen molar-refractivity contribution < 1.29 is 14.4 Å². The molecule has 1 atom stereocenters. The van der Waals surface area contributed by atoms with Gasteiger partial charge in [0.1, 0.15) is 12.1 Å². The first-order chi connectivity index (χ1) is 12.8. The summed E-state index contributed by atoms with van der Waals surface area (Å²) < 4.78 is 0.778. The summed E-state index contributed by atoms with van der Waals surface area (Å²) in [7, 11) is 0. The third-order valence-corrected chi connectivity index (χ3v) is 4.77. The van der Waals surface area contributed by atoms with E-state index in [1.54, 1.807) is 49.4 Å². The fraction of sp³-hybridized carbons (Fsp3) is 0.158. The van der Waals surface area contributed by atoms with Gasteiger partial charge in [0.15, 0.2) is 0 Å². The Balaban J connectivity index is 1.73. The summed E-state index contributed by atoms with van der Waals surface area (Å²) in [6.45, 7) is 1.20. The van der Waals surface area contributed by atoms with E-state index in [0.29, 0.717) is 16.8 Å². The monoisotopic (exact) mass is 426 g/mol. The molecule has 8 heteroatoms. The lowest BCUT2D eigenvalue weighted by Gasteiger charge is -2.22. The topological polar surface area (TPSA) is 102 Å². The number of imide groups is 1. The van der Waals surface area contributed by atoms with Crippen LogP contribution in [-0.4, -0.2) is 29.3 Å². The summed E-state index contributed by atoms with van der Waals surface area (Å²) in [4.78, 5) is 38.3. The number of hydrogen-bond donors (Lipinski definition) is 2. The standard InChI is InChI=1S/C19H15BrN4O3/c1-19(13-3-2-4-14(20)9-13)17(26)24(18(27)23-19)11-16(25)22-15-7-5-12(10-21)6-8-15/h2-9H,11H2,1H3,(H,22,25)(H,23,27)/t19-/m0/s1. The molecule has 27 heavy (non-hydrogen) atoms. The molecule has 3 rings (SSSR count). The van der Waals surface area contributed by atoms with Gasteiger partial charge < -0.3 is 10.6 Å². The fourth-order valence-electron chi connectivity index (χ4n) is 2.81. The molecule has 0 unspecified atom stereocenters. The van der Waals surface area contributed by atoms with Gasteiger partial charge in [-0.05, 0) is 48.9 Å². The number of halogens is 1. The molecule has 0 saturated carbocycles. The highest BCUT2D eigenvalue weighted by Crippen LogP contribution is 2.30. The summed E-state index contributed by atoms with van der Waals surface area (Å²) in [5, 5.41) is 14.1. The Hall–Kier alpha value is -3.18. The van der Waals surface area contributed by atoms with Crippen molar-refractivity contribution in [3.63, 3.8) is 0 Å². The van der Waals surface area contributed by atoms with Crippen LogP contribution in [0.3, 0.4) is 0 Å². The van der Waals surface area contributed by atoms with Gasteiger partial charge in [0, 0.05) is 10.2 Å². The number of benzene rings is 2. The number of carbonyl (C=O) groups is 3. The second kappa shape index (κ2) is 7.21. The zero-order chi connectivity index (χ0) is 19.6. The van der Waals surface area contributed by atoms with E-state index in [1.807, 2.05) is 12.1 Å². The summed E-state index contributed by atoms with van der Waals surface area (Å²) in [6, 6.07) is 14.7. The number of nitrogens with zero attached hydrogens (tertiary/aromatic N) is 2. The quantitative estimate of drug-likeness (QED) is 0.733. The maximum absolute atomic E-state index is 12.8. The molecule has 0 bridgehead atoms. The van der Waals surface area contributed by atoms with Crippen LogP contribution in [0.2, 0.25) is 0 Å². The lowest BCUT2D eigenvalue weighted by Crippen LogP contribution is -2.42. The molecule has 0 aliphatic carbocycles. The van der Waals surface area contributed by atoms with Crippen LogP contribution in [0, 0.1) is 11.3 Å². The Labute approximate surface area is 164 Å². The Morgan fingerprint density at radius 2 is 1.96 bits per heavy atom. The number of hydrogen-bond acceptors (Lipinski definition) is 4. The minimum atomic E-state index is -1.24. The Morgan fingerprint density at radius 1 is 1.26 bits per heavy atom. The second-order valence-corrected chi connectivity index (χ2v) is 7.11.